The molecule has 2 aliphatic rings. The Morgan fingerprint density at radius 2 is 1.76 bits per heavy atom. The van der Waals surface area contributed by atoms with E-state index in [2.05, 4.69) is 18.7 Å². The van der Waals surface area contributed by atoms with E-state index in [1.807, 2.05) is 0 Å². The van der Waals surface area contributed by atoms with Crippen LogP contribution in [0.3, 0.4) is 0 Å². The molecule has 2 aliphatic carbocycles. The zero-order valence-corrected chi connectivity index (χ0v) is 11.6. The van der Waals surface area contributed by atoms with Crippen LogP contribution in [0.2, 0.25) is 0 Å². The first kappa shape index (κ1) is 13.4. The Morgan fingerprint density at radius 1 is 1.06 bits per heavy atom. The minimum atomic E-state index is -0.0362. The highest BCUT2D eigenvalue weighted by atomic mass is 16.3. The second-order valence-corrected chi connectivity index (χ2v) is 6.54. The van der Waals surface area contributed by atoms with Gasteiger partial charge in [-0.1, -0.05) is 33.1 Å². The molecule has 0 amide bonds. The number of nitrogens with zero attached hydrogens (tertiary/aromatic N) is 1. The summed E-state index contributed by atoms with van der Waals surface area (Å²) in [6, 6.07) is 0.841. The first-order valence-corrected chi connectivity index (χ1v) is 7.59. The molecular weight excluding hydrogens is 210 g/mol. The smallest absolute Gasteiger partial charge is 0.0580 e. The molecule has 0 radical (unpaired) electrons. The van der Waals surface area contributed by atoms with Gasteiger partial charge in [-0.15, -0.1) is 0 Å². The van der Waals surface area contributed by atoms with Gasteiger partial charge in [-0.2, -0.15) is 0 Å². The maximum Gasteiger partial charge on any atom is 0.0580 e. The predicted octanol–water partition coefficient (Wildman–Crippen LogP) is 3.05. The lowest BCUT2D eigenvalue weighted by Gasteiger charge is -2.30. The molecule has 2 atom stereocenters. The molecule has 2 saturated carbocycles. The summed E-state index contributed by atoms with van der Waals surface area (Å²) in [4.78, 5) is 2.66. The Kier molecular flexibility index (Phi) is 4.87. The maximum absolute atomic E-state index is 10.2. The van der Waals surface area contributed by atoms with Gasteiger partial charge < -0.3 is 5.11 Å². The molecule has 0 heterocycles. The van der Waals surface area contributed by atoms with Crippen molar-refractivity contribution in [2.75, 3.05) is 13.1 Å². The van der Waals surface area contributed by atoms with Crippen LogP contribution in [0.4, 0.5) is 0 Å². The van der Waals surface area contributed by atoms with Gasteiger partial charge in [0.1, 0.15) is 0 Å². The summed E-state index contributed by atoms with van der Waals surface area (Å²) >= 11 is 0. The quantitative estimate of drug-likeness (QED) is 0.745. The van der Waals surface area contributed by atoms with E-state index >= 15 is 0 Å². The number of aliphatic hydroxyl groups excluding tert-OH is 1. The van der Waals surface area contributed by atoms with Crippen LogP contribution in [0.25, 0.3) is 0 Å². The van der Waals surface area contributed by atoms with Crippen molar-refractivity contribution in [3.63, 3.8) is 0 Å². The maximum atomic E-state index is 10.2. The van der Waals surface area contributed by atoms with Crippen molar-refractivity contribution in [2.45, 2.75) is 70.9 Å². The topological polar surface area (TPSA) is 23.5 Å². The van der Waals surface area contributed by atoms with Crippen LogP contribution in [0.1, 0.15) is 58.8 Å². The van der Waals surface area contributed by atoms with Crippen molar-refractivity contribution < 1.29 is 5.11 Å². The lowest BCUT2D eigenvalue weighted by Crippen LogP contribution is -2.38. The van der Waals surface area contributed by atoms with E-state index in [9.17, 15) is 5.11 Å². The fourth-order valence-electron chi connectivity index (χ4n) is 3.16. The summed E-state index contributed by atoms with van der Waals surface area (Å²) < 4.78 is 0. The largest absolute Gasteiger partial charge is 0.393 e. The Bertz CT molecular complexity index is 225. The molecule has 0 bridgehead atoms. The molecule has 0 aromatic carbocycles. The summed E-state index contributed by atoms with van der Waals surface area (Å²) in [6.45, 7) is 6.97. The summed E-state index contributed by atoms with van der Waals surface area (Å²) in [5, 5.41) is 10.2. The Labute approximate surface area is 106 Å². The van der Waals surface area contributed by atoms with Gasteiger partial charge in [0.25, 0.3) is 0 Å². The molecule has 2 heteroatoms. The highest BCUT2D eigenvalue weighted by Gasteiger charge is 2.32. The van der Waals surface area contributed by atoms with Crippen molar-refractivity contribution in [3.8, 4) is 0 Å². The summed E-state index contributed by atoms with van der Waals surface area (Å²) in [6.07, 6.45) is 8.87. The SMILES string of the molecule is CC(C)CN(CC1CCCCCC1O)C1CC1. The third-order valence-electron chi connectivity index (χ3n) is 4.25. The van der Waals surface area contributed by atoms with Crippen LogP contribution >= 0.6 is 0 Å². The average molecular weight is 239 g/mol. The summed E-state index contributed by atoms with van der Waals surface area (Å²) in [5.41, 5.74) is 0. The molecule has 2 unspecified atom stereocenters. The van der Waals surface area contributed by atoms with Crippen LogP contribution in [0, 0.1) is 11.8 Å². The molecule has 0 spiro atoms. The monoisotopic (exact) mass is 239 g/mol. The molecule has 0 saturated heterocycles. The summed E-state index contributed by atoms with van der Waals surface area (Å²) in [7, 11) is 0. The molecule has 0 aromatic heterocycles. The van der Waals surface area contributed by atoms with Gasteiger partial charge in [0.15, 0.2) is 0 Å². The Hall–Kier alpha value is -0.0800. The molecule has 2 nitrogen and oxygen atoms in total. The highest BCUT2D eigenvalue weighted by Crippen LogP contribution is 2.31. The minimum absolute atomic E-state index is 0.0362. The van der Waals surface area contributed by atoms with Crippen LogP contribution in [-0.4, -0.2) is 35.2 Å². The molecule has 1 N–H and O–H groups in total. The minimum Gasteiger partial charge on any atom is -0.393 e. The van der Waals surface area contributed by atoms with E-state index in [0.29, 0.717) is 5.92 Å². The van der Waals surface area contributed by atoms with Gasteiger partial charge in [-0.3, -0.25) is 4.90 Å². The van der Waals surface area contributed by atoms with Crippen molar-refractivity contribution in [2.24, 2.45) is 11.8 Å². The fraction of sp³-hybridized carbons (Fsp3) is 1.00. The number of rotatable bonds is 5. The van der Waals surface area contributed by atoms with Gasteiger partial charge in [-0.05, 0) is 37.5 Å². The number of hydrogen-bond acceptors (Lipinski definition) is 2. The van der Waals surface area contributed by atoms with Gasteiger partial charge in [0, 0.05) is 19.1 Å². The average Bonchev–Trinajstić information content (AvgIpc) is 3.06. The van der Waals surface area contributed by atoms with Crippen LogP contribution in [0.5, 0.6) is 0 Å². The van der Waals surface area contributed by atoms with E-state index in [1.165, 1.54) is 45.1 Å². The predicted molar refractivity (Wildman–Crippen MR) is 72.0 cm³/mol. The van der Waals surface area contributed by atoms with Crippen LogP contribution in [-0.2, 0) is 0 Å². The second kappa shape index (κ2) is 6.19. The molecule has 0 aliphatic heterocycles. The van der Waals surface area contributed by atoms with E-state index in [1.54, 1.807) is 0 Å². The second-order valence-electron chi connectivity index (χ2n) is 6.54. The van der Waals surface area contributed by atoms with Crippen LogP contribution < -0.4 is 0 Å². The van der Waals surface area contributed by atoms with Gasteiger partial charge >= 0.3 is 0 Å². The summed E-state index contributed by atoms with van der Waals surface area (Å²) in [5.74, 6) is 1.29. The molecule has 100 valence electrons. The van der Waals surface area contributed by atoms with Gasteiger partial charge in [0.05, 0.1) is 6.10 Å². The lowest BCUT2D eigenvalue weighted by atomic mass is 9.96. The number of aliphatic hydroxyl groups is 1. The van der Waals surface area contributed by atoms with Gasteiger partial charge in [0.2, 0.25) is 0 Å². The Balaban J connectivity index is 1.86. The van der Waals surface area contributed by atoms with Gasteiger partial charge in [-0.25, -0.2) is 0 Å². The molecular formula is C15H29NO. The van der Waals surface area contributed by atoms with Crippen molar-refractivity contribution in [1.29, 1.82) is 0 Å². The highest BCUT2D eigenvalue weighted by molar-refractivity contribution is 4.87. The fourth-order valence-corrected chi connectivity index (χ4v) is 3.16. The van der Waals surface area contributed by atoms with Crippen molar-refractivity contribution in [3.05, 3.63) is 0 Å². The molecule has 17 heavy (non-hydrogen) atoms. The Morgan fingerprint density at radius 3 is 2.41 bits per heavy atom. The van der Waals surface area contributed by atoms with E-state index in [0.717, 1.165) is 24.9 Å². The first-order chi connectivity index (χ1) is 8.16. The molecule has 2 rings (SSSR count). The standard InChI is InChI=1S/C15H29NO/c1-12(2)10-16(14-8-9-14)11-13-6-4-3-5-7-15(13)17/h12-15,17H,3-11H2,1-2H3. The third kappa shape index (κ3) is 4.26. The third-order valence-corrected chi connectivity index (χ3v) is 4.25. The van der Waals surface area contributed by atoms with Crippen LogP contribution in [0.15, 0.2) is 0 Å². The van der Waals surface area contributed by atoms with Crippen molar-refractivity contribution in [1.82, 2.24) is 4.90 Å². The van der Waals surface area contributed by atoms with E-state index in [4.69, 9.17) is 0 Å². The zero-order valence-electron chi connectivity index (χ0n) is 11.6. The number of hydrogen-bond donors (Lipinski definition) is 1. The molecule has 2 fully saturated rings. The normalized spacial score (nSPS) is 30.9. The molecule has 0 aromatic rings. The van der Waals surface area contributed by atoms with E-state index < -0.39 is 0 Å². The lowest BCUT2D eigenvalue weighted by molar-refractivity contribution is 0.0677. The first-order valence-electron chi connectivity index (χ1n) is 7.59. The van der Waals surface area contributed by atoms with E-state index in [-0.39, 0.29) is 6.10 Å². The van der Waals surface area contributed by atoms with Crippen molar-refractivity contribution >= 4 is 0 Å². The zero-order chi connectivity index (χ0) is 12.3.